The van der Waals surface area contributed by atoms with Crippen molar-refractivity contribution >= 4 is 17.1 Å². The van der Waals surface area contributed by atoms with Gasteiger partial charge in [0.1, 0.15) is 0 Å². The Morgan fingerprint density at radius 1 is 0.328 bits per heavy atom. The van der Waals surface area contributed by atoms with E-state index < -0.39 is 0 Å². The lowest BCUT2D eigenvalue weighted by Gasteiger charge is -2.25. The van der Waals surface area contributed by atoms with Crippen molar-refractivity contribution in [2.45, 2.75) is 6.92 Å². The molecule has 0 aliphatic heterocycles. The average Bonchev–Trinajstić information content (AvgIpc) is 3.79. The van der Waals surface area contributed by atoms with Crippen LogP contribution in [-0.4, -0.2) is 14.8 Å². The van der Waals surface area contributed by atoms with Crippen molar-refractivity contribution in [2.24, 2.45) is 0 Å². The number of para-hydroxylation sites is 2. The van der Waals surface area contributed by atoms with E-state index in [1.807, 2.05) is 10.7 Å². The van der Waals surface area contributed by atoms with Crippen molar-refractivity contribution < 1.29 is 0 Å². The van der Waals surface area contributed by atoms with Crippen molar-refractivity contribution in [1.29, 1.82) is 0 Å². The van der Waals surface area contributed by atoms with Crippen LogP contribution in [0, 0.1) is 6.92 Å². The summed E-state index contributed by atoms with van der Waals surface area (Å²) < 4.78 is 1.97. The molecule has 0 aliphatic rings. The molecule has 0 saturated heterocycles. The van der Waals surface area contributed by atoms with E-state index in [0.29, 0.717) is 5.82 Å². The van der Waals surface area contributed by atoms with E-state index in [9.17, 15) is 0 Å². The van der Waals surface area contributed by atoms with Gasteiger partial charge in [-0.2, -0.15) is 0 Å². The Hall–Kier alpha value is -8.08. The summed E-state index contributed by atoms with van der Waals surface area (Å²) in [7, 11) is 0. The second kappa shape index (κ2) is 16.6. The number of anilines is 3. The molecule has 1 aromatic heterocycles. The smallest absolute Gasteiger partial charge is 0.182 e. The zero-order chi connectivity index (χ0) is 41.0. The van der Waals surface area contributed by atoms with Gasteiger partial charge in [0.05, 0.1) is 5.69 Å². The standard InChI is InChI=1S/C57H42N4/c1-41-25-27-46(28-26-41)56-58-57(47-31-29-43(30-32-47)42-15-5-2-6-16-42)61(59-56)51-39-35-45(36-40-51)53-22-12-14-24-55(53)54-23-13-11-21-52(54)44-33-37-50(38-34-44)60(48-17-7-3-8-18-48)49-19-9-4-10-20-49/h2-40H,1H3. The first-order valence-corrected chi connectivity index (χ1v) is 20.7. The van der Waals surface area contributed by atoms with Gasteiger partial charge in [-0.25, -0.2) is 9.67 Å². The third-order valence-corrected chi connectivity index (χ3v) is 11.2. The highest BCUT2D eigenvalue weighted by atomic mass is 15.4. The summed E-state index contributed by atoms with van der Waals surface area (Å²) in [5.41, 5.74) is 16.8. The first-order chi connectivity index (χ1) is 30.2. The zero-order valence-corrected chi connectivity index (χ0v) is 33.8. The second-order valence-corrected chi connectivity index (χ2v) is 15.2. The molecule has 0 bridgehead atoms. The van der Waals surface area contributed by atoms with Gasteiger partial charge in [-0.3, -0.25) is 0 Å². The minimum absolute atomic E-state index is 0.689. The number of nitrogens with zero attached hydrogens (tertiary/aromatic N) is 4. The molecule has 0 amide bonds. The predicted octanol–water partition coefficient (Wildman–Crippen LogP) is 15.0. The fourth-order valence-corrected chi connectivity index (χ4v) is 8.06. The highest BCUT2D eigenvalue weighted by molar-refractivity contribution is 5.92. The van der Waals surface area contributed by atoms with Gasteiger partial charge in [-0.1, -0.05) is 194 Å². The SMILES string of the molecule is Cc1ccc(-c2nc(-c3ccc(-c4ccccc4)cc3)n(-c3ccc(-c4ccccc4-c4ccccc4-c4ccc(N(c5ccccc5)c5ccccc5)cc4)cc3)n2)cc1. The normalized spacial score (nSPS) is 11.0. The van der Waals surface area contributed by atoms with Crippen LogP contribution in [0.15, 0.2) is 237 Å². The van der Waals surface area contributed by atoms with Crippen molar-refractivity contribution in [3.05, 3.63) is 242 Å². The third kappa shape index (κ3) is 7.67. The van der Waals surface area contributed by atoms with Crippen molar-refractivity contribution in [1.82, 2.24) is 14.8 Å². The second-order valence-electron chi connectivity index (χ2n) is 15.2. The Kier molecular flexibility index (Phi) is 10.2. The number of aryl methyl sites for hydroxylation is 1. The fraction of sp³-hybridized carbons (Fsp3) is 0.0175. The Bertz CT molecular complexity index is 2990. The van der Waals surface area contributed by atoms with Crippen molar-refractivity contribution in [3.63, 3.8) is 0 Å². The van der Waals surface area contributed by atoms with Crippen LogP contribution >= 0.6 is 0 Å². The monoisotopic (exact) mass is 782 g/mol. The maximum Gasteiger partial charge on any atom is 0.182 e. The molecule has 61 heavy (non-hydrogen) atoms. The van der Waals surface area contributed by atoms with Crippen LogP contribution in [0.3, 0.4) is 0 Å². The molecule has 1 heterocycles. The Labute approximate surface area is 357 Å². The molecule has 0 N–H and O–H groups in total. The first kappa shape index (κ1) is 37.2. The molecule has 9 aromatic carbocycles. The Morgan fingerprint density at radius 3 is 1.26 bits per heavy atom. The Balaban J connectivity index is 0.990. The van der Waals surface area contributed by atoms with Gasteiger partial charge < -0.3 is 4.90 Å². The zero-order valence-electron chi connectivity index (χ0n) is 33.8. The fourth-order valence-electron chi connectivity index (χ4n) is 8.06. The summed E-state index contributed by atoms with van der Waals surface area (Å²) in [6.45, 7) is 2.09. The number of hydrogen-bond donors (Lipinski definition) is 0. The minimum atomic E-state index is 0.689. The maximum atomic E-state index is 5.13. The van der Waals surface area contributed by atoms with Gasteiger partial charge in [0.25, 0.3) is 0 Å². The molecule has 0 radical (unpaired) electrons. The van der Waals surface area contributed by atoms with E-state index >= 15 is 0 Å². The maximum absolute atomic E-state index is 5.13. The van der Waals surface area contributed by atoms with Crippen molar-refractivity contribution in [3.8, 4) is 73.0 Å². The molecule has 0 spiro atoms. The largest absolute Gasteiger partial charge is 0.311 e. The van der Waals surface area contributed by atoms with Gasteiger partial charge >= 0.3 is 0 Å². The van der Waals surface area contributed by atoms with Crippen LogP contribution < -0.4 is 4.90 Å². The van der Waals surface area contributed by atoms with Crippen LogP contribution in [0.5, 0.6) is 0 Å². The summed E-state index contributed by atoms with van der Waals surface area (Å²) in [5, 5.41) is 5.10. The Morgan fingerprint density at radius 2 is 0.721 bits per heavy atom. The highest BCUT2D eigenvalue weighted by Gasteiger charge is 2.18. The summed E-state index contributed by atoms with van der Waals surface area (Å²) in [6.07, 6.45) is 0. The van der Waals surface area contributed by atoms with E-state index in [1.165, 1.54) is 27.8 Å². The number of hydrogen-bond acceptors (Lipinski definition) is 3. The van der Waals surface area contributed by atoms with E-state index in [1.54, 1.807) is 0 Å². The topological polar surface area (TPSA) is 34.0 Å². The van der Waals surface area contributed by atoms with E-state index in [4.69, 9.17) is 10.1 Å². The van der Waals surface area contributed by atoms with Crippen LogP contribution in [0.2, 0.25) is 0 Å². The lowest BCUT2D eigenvalue weighted by atomic mass is 9.89. The summed E-state index contributed by atoms with van der Waals surface area (Å²) >= 11 is 0. The lowest BCUT2D eigenvalue weighted by molar-refractivity contribution is 0.890. The van der Waals surface area contributed by atoms with Crippen molar-refractivity contribution in [2.75, 3.05) is 4.90 Å². The van der Waals surface area contributed by atoms with E-state index in [0.717, 1.165) is 62.0 Å². The summed E-state index contributed by atoms with van der Waals surface area (Å²) in [5.74, 6) is 1.48. The molecule has 0 fully saturated rings. The quantitative estimate of drug-likeness (QED) is 0.139. The number of rotatable bonds is 10. The van der Waals surface area contributed by atoms with Crippen LogP contribution in [0.4, 0.5) is 17.1 Å². The average molecular weight is 783 g/mol. The molecule has 0 atom stereocenters. The molecular weight excluding hydrogens is 741 g/mol. The molecule has 4 nitrogen and oxygen atoms in total. The van der Waals surface area contributed by atoms with Gasteiger partial charge in [0.2, 0.25) is 0 Å². The molecule has 290 valence electrons. The predicted molar refractivity (Wildman–Crippen MR) is 253 cm³/mol. The van der Waals surface area contributed by atoms with E-state index in [-0.39, 0.29) is 0 Å². The van der Waals surface area contributed by atoms with Gasteiger partial charge in [-0.15, -0.1) is 5.10 Å². The summed E-state index contributed by atoms with van der Waals surface area (Å²) in [6, 6.07) is 83.5. The van der Waals surface area contributed by atoms with Gasteiger partial charge in [0.15, 0.2) is 11.6 Å². The van der Waals surface area contributed by atoms with E-state index in [2.05, 4.69) is 242 Å². The highest BCUT2D eigenvalue weighted by Crippen LogP contribution is 2.40. The molecule has 10 rings (SSSR count). The van der Waals surface area contributed by atoms with Crippen LogP contribution in [0.1, 0.15) is 5.56 Å². The number of benzene rings is 9. The summed E-state index contributed by atoms with van der Waals surface area (Å²) in [4.78, 5) is 7.42. The van der Waals surface area contributed by atoms with Gasteiger partial charge in [0, 0.05) is 28.2 Å². The van der Waals surface area contributed by atoms with Crippen LogP contribution in [0.25, 0.3) is 73.0 Å². The minimum Gasteiger partial charge on any atom is -0.311 e. The number of aromatic nitrogens is 3. The van der Waals surface area contributed by atoms with Gasteiger partial charge in [-0.05, 0) is 100.0 Å². The molecule has 10 aromatic rings. The third-order valence-electron chi connectivity index (χ3n) is 11.2. The molecule has 0 unspecified atom stereocenters. The molecule has 4 heteroatoms. The lowest BCUT2D eigenvalue weighted by Crippen LogP contribution is -2.09. The van der Waals surface area contributed by atoms with Crippen LogP contribution in [-0.2, 0) is 0 Å². The molecule has 0 saturated carbocycles. The first-order valence-electron chi connectivity index (χ1n) is 20.7. The molecule has 0 aliphatic carbocycles. The molecular formula is C57H42N4.